The maximum Gasteiger partial charge on any atom is 0.192 e. The summed E-state index contributed by atoms with van der Waals surface area (Å²) < 4.78 is 7.17. The van der Waals surface area contributed by atoms with E-state index in [4.69, 9.17) is 4.43 Å². The molecule has 0 N–H and O–H groups in total. The van der Waals surface area contributed by atoms with Crippen LogP contribution in [-0.4, -0.2) is 14.4 Å². The molecule has 210 valence electrons. The summed E-state index contributed by atoms with van der Waals surface area (Å²) in [4.78, 5) is 0. The Hall–Kier alpha value is -0.603. The second-order valence-electron chi connectivity index (χ2n) is 16.4. The molecule has 0 spiro atoms. The molecule has 2 heteroatoms. The van der Waals surface area contributed by atoms with Crippen LogP contribution >= 0.6 is 0 Å². The highest BCUT2D eigenvalue weighted by molar-refractivity contribution is 6.74. The predicted octanol–water partition coefficient (Wildman–Crippen LogP) is 11.0. The molecule has 0 saturated heterocycles. The maximum absolute atomic E-state index is 7.17. The smallest absolute Gasteiger partial charge is 0.192 e. The van der Waals surface area contributed by atoms with Gasteiger partial charge in [-0.15, -0.1) is 0 Å². The summed E-state index contributed by atoms with van der Waals surface area (Å²) in [7, 11) is -1.78. The second kappa shape index (κ2) is 9.79. The number of hydrogen-bond donors (Lipinski definition) is 0. The van der Waals surface area contributed by atoms with Crippen molar-refractivity contribution in [1.82, 2.24) is 0 Å². The molecule has 37 heavy (non-hydrogen) atoms. The van der Waals surface area contributed by atoms with Crippen molar-refractivity contribution in [2.75, 3.05) is 0 Å². The zero-order chi connectivity index (χ0) is 27.6. The number of rotatable bonds is 6. The molecule has 4 aliphatic carbocycles. The summed E-state index contributed by atoms with van der Waals surface area (Å²) in [5.41, 5.74) is 7.90. The van der Waals surface area contributed by atoms with E-state index in [1.54, 1.807) is 5.57 Å². The molecule has 0 aromatic heterocycles. The van der Waals surface area contributed by atoms with E-state index in [-0.39, 0.29) is 10.5 Å². The summed E-state index contributed by atoms with van der Waals surface area (Å²) in [6.07, 6.45) is 17.3. The first-order valence-corrected chi connectivity index (χ1v) is 18.6. The topological polar surface area (TPSA) is 9.23 Å². The lowest BCUT2D eigenvalue weighted by Crippen LogP contribution is -2.57. The highest BCUT2D eigenvalue weighted by Gasteiger charge is 2.58. The van der Waals surface area contributed by atoms with Gasteiger partial charge in [-0.1, -0.05) is 78.7 Å². The van der Waals surface area contributed by atoms with Gasteiger partial charge >= 0.3 is 0 Å². The molecule has 4 rings (SSSR count). The van der Waals surface area contributed by atoms with Gasteiger partial charge in [0.2, 0.25) is 0 Å². The van der Waals surface area contributed by atoms with Gasteiger partial charge in [-0.2, -0.15) is 0 Å². The van der Waals surface area contributed by atoms with Crippen LogP contribution in [0.15, 0.2) is 34.4 Å². The molecule has 1 nitrogen and oxygen atoms in total. The Morgan fingerprint density at radius 3 is 2.35 bits per heavy atom. The number of allylic oxidation sites excluding steroid dienone is 6. The lowest BCUT2D eigenvalue weighted by atomic mass is 9.46. The van der Waals surface area contributed by atoms with Crippen LogP contribution in [0.3, 0.4) is 0 Å². The zero-order valence-corrected chi connectivity index (χ0v) is 27.7. The molecule has 0 heterocycles. The van der Waals surface area contributed by atoms with Crippen molar-refractivity contribution in [3.8, 4) is 0 Å². The Balaban J connectivity index is 1.57. The molecule has 0 unspecified atom stereocenters. The molecule has 0 amide bonds. The lowest BCUT2D eigenvalue weighted by molar-refractivity contribution is -0.0839. The molecule has 0 radical (unpaired) electrons. The van der Waals surface area contributed by atoms with Crippen LogP contribution < -0.4 is 0 Å². The van der Waals surface area contributed by atoms with Crippen LogP contribution in [0.25, 0.3) is 0 Å². The van der Waals surface area contributed by atoms with Crippen LogP contribution in [0, 0.1) is 34.0 Å². The fraction of sp³-hybridized carbons (Fsp3) is 0.829. The van der Waals surface area contributed by atoms with Gasteiger partial charge in [0.25, 0.3) is 0 Å². The van der Waals surface area contributed by atoms with Crippen molar-refractivity contribution >= 4 is 8.32 Å². The highest BCUT2D eigenvalue weighted by Crippen LogP contribution is 2.67. The van der Waals surface area contributed by atoms with Gasteiger partial charge in [0.1, 0.15) is 0 Å². The summed E-state index contributed by atoms with van der Waals surface area (Å²) in [6, 6.07) is 0. The molecule has 1 saturated carbocycles. The minimum Gasteiger partial charge on any atom is -0.413 e. The molecule has 6 atom stereocenters. The molecule has 0 aliphatic heterocycles. The minimum absolute atomic E-state index is 0.230. The molecular formula is C35H60OSi. The lowest BCUT2D eigenvalue weighted by Gasteiger charge is -2.61. The van der Waals surface area contributed by atoms with Crippen molar-refractivity contribution in [3.05, 3.63) is 34.4 Å². The Kier molecular flexibility index (Phi) is 7.78. The van der Waals surface area contributed by atoms with Gasteiger partial charge in [0.05, 0.1) is 6.10 Å². The molecule has 1 fully saturated rings. The van der Waals surface area contributed by atoms with Crippen LogP contribution in [0.1, 0.15) is 127 Å². The third-order valence-electron chi connectivity index (χ3n) is 12.5. The Morgan fingerprint density at radius 2 is 1.73 bits per heavy atom. The molecule has 0 aromatic carbocycles. The van der Waals surface area contributed by atoms with E-state index < -0.39 is 8.32 Å². The summed E-state index contributed by atoms with van der Waals surface area (Å²) in [6.45, 7) is 29.5. The third-order valence-corrected chi connectivity index (χ3v) is 17.0. The van der Waals surface area contributed by atoms with E-state index in [9.17, 15) is 0 Å². The zero-order valence-electron chi connectivity index (χ0n) is 26.7. The Bertz CT molecular complexity index is 968. The van der Waals surface area contributed by atoms with Gasteiger partial charge in [-0.3, -0.25) is 0 Å². The van der Waals surface area contributed by atoms with Crippen LogP contribution in [0.5, 0.6) is 0 Å². The first-order chi connectivity index (χ1) is 16.9. The van der Waals surface area contributed by atoms with Crippen LogP contribution in [0.4, 0.5) is 0 Å². The molecule has 0 bridgehead atoms. The van der Waals surface area contributed by atoms with Crippen LogP contribution in [0.2, 0.25) is 18.1 Å². The van der Waals surface area contributed by atoms with Crippen molar-refractivity contribution in [2.24, 2.45) is 34.0 Å². The molecule has 0 aromatic rings. The van der Waals surface area contributed by atoms with Crippen molar-refractivity contribution < 1.29 is 4.43 Å². The van der Waals surface area contributed by atoms with Crippen molar-refractivity contribution in [3.63, 3.8) is 0 Å². The van der Waals surface area contributed by atoms with Crippen LogP contribution in [-0.2, 0) is 4.43 Å². The van der Waals surface area contributed by atoms with Gasteiger partial charge in [0, 0.05) is 0 Å². The standard InChI is InChI=1S/C35H60OSi/c1-24(2)14-13-15-25(3)27-17-18-28-26-16-19-30-33(7,8)31(36-37(11,12)32(4,5)6)21-23-35(30,10)29(26)20-22-34(27,28)9/h14,18,25,27,30-31H,13,15-17,19-23H2,1-12H3/t25-,27-,30+,31+,34-,35-/m1/s1. The summed E-state index contributed by atoms with van der Waals surface area (Å²) in [5.74, 6) is 2.34. The van der Waals surface area contributed by atoms with E-state index in [1.165, 1.54) is 63.4 Å². The van der Waals surface area contributed by atoms with Crippen molar-refractivity contribution in [1.29, 1.82) is 0 Å². The first kappa shape index (κ1) is 29.4. The van der Waals surface area contributed by atoms with E-state index in [2.05, 4.69) is 94.5 Å². The van der Waals surface area contributed by atoms with E-state index >= 15 is 0 Å². The quantitative estimate of drug-likeness (QED) is 0.248. The first-order valence-electron chi connectivity index (χ1n) is 15.7. The maximum atomic E-state index is 7.17. The molecular weight excluding hydrogens is 464 g/mol. The SMILES string of the molecule is CC(C)=CCC[C@@H](C)[C@H]1CC=C2C3=C(CC[C@@]21C)[C@@]1(C)CC[C@H](O[Si](C)(C)C(C)(C)C)C(C)(C)[C@@H]1CC3. The largest absolute Gasteiger partial charge is 0.413 e. The fourth-order valence-corrected chi connectivity index (χ4v) is 10.6. The normalized spacial score (nSPS) is 36.3. The highest BCUT2D eigenvalue weighted by atomic mass is 28.4. The Labute approximate surface area is 232 Å². The second-order valence-corrected chi connectivity index (χ2v) is 21.2. The van der Waals surface area contributed by atoms with E-state index in [0.717, 1.165) is 17.8 Å². The number of hydrogen-bond acceptors (Lipinski definition) is 1. The van der Waals surface area contributed by atoms with Gasteiger partial charge in [-0.05, 0) is 135 Å². The monoisotopic (exact) mass is 524 g/mol. The average Bonchev–Trinajstić information content (AvgIpc) is 3.12. The summed E-state index contributed by atoms with van der Waals surface area (Å²) in [5, 5.41) is 0.272. The van der Waals surface area contributed by atoms with E-state index in [0.29, 0.717) is 16.9 Å². The summed E-state index contributed by atoms with van der Waals surface area (Å²) >= 11 is 0. The van der Waals surface area contributed by atoms with Gasteiger partial charge < -0.3 is 4.43 Å². The fourth-order valence-electron chi connectivity index (χ4n) is 9.14. The van der Waals surface area contributed by atoms with Gasteiger partial charge in [-0.25, -0.2) is 0 Å². The molecule has 4 aliphatic rings. The third kappa shape index (κ3) is 4.94. The van der Waals surface area contributed by atoms with Crippen molar-refractivity contribution in [2.45, 2.75) is 151 Å². The van der Waals surface area contributed by atoms with Gasteiger partial charge in [0.15, 0.2) is 8.32 Å². The minimum atomic E-state index is -1.78. The predicted molar refractivity (Wildman–Crippen MR) is 164 cm³/mol. The Morgan fingerprint density at radius 1 is 1.05 bits per heavy atom. The number of fused-ring (bicyclic) bond motifs is 4. The average molecular weight is 525 g/mol. The van der Waals surface area contributed by atoms with E-state index in [1.807, 2.05) is 11.1 Å².